The van der Waals surface area contributed by atoms with Gasteiger partial charge in [-0.2, -0.15) is 0 Å². The molecular weight excluding hydrogens is 1350 g/mol. The number of carbonyl (C=O) groups is 1. The van der Waals surface area contributed by atoms with Gasteiger partial charge >= 0.3 is 0 Å². The summed E-state index contributed by atoms with van der Waals surface area (Å²) in [6, 6.07) is -0.888. The maximum Gasteiger partial charge on any atom is 0.220 e. The second kappa shape index (κ2) is 67.3. The molecule has 0 spiro atoms. The summed E-state index contributed by atoms with van der Waals surface area (Å²) in [7, 11) is 0. The van der Waals surface area contributed by atoms with Crippen molar-refractivity contribution in [1.29, 1.82) is 0 Å². The minimum absolute atomic E-state index is 0.235. The molecule has 3 saturated heterocycles. The number of allylic oxidation sites excluding steroid dienone is 8. The van der Waals surface area contributed by atoms with Gasteiger partial charge in [-0.05, 0) is 51.4 Å². The minimum Gasteiger partial charge on any atom is -0.394 e. The van der Waals surface area contributed by atoms with Gasteiger partial charge in [0.15, 0.2) is 18.9 Å². The van der Waals surface area contributed by atoms with Gasteiger partial charge < -0.3 is 89.9 Å². The normalized spacial score (nSPS) is 25.8. The van der Waals surface area contributed by atoms with Crippen molar-refractivity contribution in [3.05, 3.63) is 48.6 Å². The van der Waals surface area contributed by atoms with Crippen LogP contribution in [0.3, 0.4) is 0 Å². The number of hydrogen-bond acceptors (Lipinski definition) is 18. The summed E-state index contributed by atoms with van der Waals surface area (Å²) in [5.41, 5.74) is 0. The standard InChI is InChI=1S/C87H161NO18/c1-3-5-7-9-11-13-15-17-19-21-23-25-27-29-31-32-33-34-35-36-37-38-39-41-43-45-47-49-51-53-55-57-59-61-63-65-75(93)88-70(71(92)64-62-60-58-56-54-52-50-48-46-44-42-40-30-28-26-24-22-20-18-16-14-12-10-8-6-4-2)69-101-85-81(99)78(96)83(73(67-90)103-85)106-87-82(100)79(97)84(74(68-91)104-87)105-86-80(98)77(95)76(94)72(66-89)102-86/h5,7,11,13,17,19,23,25,70-74,76-87,89-92,94-100H,3-4,6,8-10,12,14-16,18,20-22,24,26-69H2,1-2H3,(H,88,93)/b7-5-,13-11-,19-17-,25-23-. The Morgan fingerprint density at radius 1 is 0.349 bits per heavy atom. The number of rotatable bonds is 71. The summed E-state index contributed by atoms with van der Waals surface area (Å²) in [6.07, 6.45) is 59.3. The van der Waals surface area contributed by atoms with Crippen molar-refractivity contribution in [1.82, 2.24) is 5.32 Å². The van der Waals surface area contributed by atoms with E-state index in [9.17, 15) is 61.0 Å². The average molecular weight is 1510 g/mol. The quantitative estimate of drug-likeness (QED) is 0.0199. The fraction of sp³-hybridized carbons (Fsp3) is 0.897. The number of ether oxygens (including phenoxy) is 6. The molecule has 0 aliphatic carbocycles. The first-order valence-corrected chi connectivity index (χ1v) is 43.9. The van der Waals surface area contributed by atoms with Gasteiger partial charge in [-0.25, -0.2) is 0 Å². The molecule has 1 amide bonds. The Bertz CT molecular complexity index is 2100. The molecule has 0 aromatic rings. The zero-order valence-corrected chi connectivity index (χ0v) is 66.9. The molecule has 0 saturated carbocycles. The number of carbonyl (C=O) groups excluding carboxylic acids is 1. The first kappa shape index (κ1) is 97.9. The van der Waals surface area contributed by atoms with Crippen LogP contribution in [0, 0.1) is 0 Å². The second-order valence-corrected chi connectivity index (χ2v) is 31.3. The monoisotopic (exact) mass is 1510 g/mol. The Labute approximate surface area is 643 Å². The van der Waals surface area contributed by atoms with E-state index in [2.05, 4.69) is 67.8 Å². The lowest BCUT2D eigenvalue weighted by Crippen LogP contribution is -2.66. The van der Waals surface area contributed by atoms with E-state index >= 15 is 0 Å². The number of amides is 1. The van der Waals surface area contributed by atoms with Crippen LogP contribution >= 0.6 is 0 Å². The Kier molecular flexibility index (Phi) is 62.2. The largest absolute Gasteiger partial charge is 0.394 e. The molecule has 0 bridgehead atoms. The molecular formula is C87H161NO18. The lowest BCUT2D eigenvalue weighted by molar-refractivity contribution is -0.379. The van der Waals surface area contributed by atoms with E-state index in [-0.39, 0.29) is 18.9 Å². The van der Waals surface area contributed by atoms with Crippen molar-refractivity contribution in [2.24, 2.45) is 0 Å². The predicted octanol–water partition coefficient (Wildman–Crippen LogP) is 16.0. The van der Waals surface area contributed by atoms with Gasteiger partial charge in [0.05, 0.1) is 38.6 Å². The first-order chi connectivity index (χ1) is 51.8. The van der Waals surface area contributed by atoms with Crippen LogP contribution in [-0.2, 0) is 33.2 Å². The van der Waals surface area contributed by atoms with E-state index in [1.165, 1.54) is 263 Å². The minimum atomic E-state index is -1.97. The number of nitrogens with one attached hydrogen (secondary N) is 1. The third-order valence-electron chi connectivity index (χ3n) is 21.9. The van der Waals surface area contributed by atoms with E-state index in [1.54, 1.807) is 0 Å². The SMILES string of the molecule is CC/C=C\C/C=C\C/C=C\C/C=C\CCCCCCCCCCCCCCCCCCCCCCCCC(=O)NC(COC1OC(CO)C(OC2OC(CO)C(OC3OC(CO)C(O)C(O)C3O)C(O)C2O)C(O)C1O)C(O)CCCCCCCCCCCCCCCCCCCCCCCCCCCC. The van der Waals surface area contributed by atoms with Crippen LogP contribution < -0.4 is 5.32 Å². The van der Waals surface area contributed by atoms with Gasteiger partial charge in [0, 0.05) is 6.42 Å². The summed E-state index contributed by atoms with van der Waals surface area (Å²) in [5.74, 6) is -0.235. The zero-order valence-electron chi connectivity index (χ0n) is 66.9. The molecule has 106 heavy (non-hydrogen) atoms. The summed E-state index contributed by atoms with van der Waals surface area (Å²) in [6.45, 7) is 1.75. The molecule has 12 N–H and O–H groups in total. The lowest BCUT2D eigenvalue weighted by atomic mass is 9.96. The molecule has 0 aromatic carbocycles. The third-order valence-corrected chi connectivity index (χ3v) is 21.9. The van der Waals surface area contributed by atoms with Gasteiger partial charge in [0.25, 0.3) is 0 Å². The van der Waals surface area contributed by atoms with Crippen molar-refractivity contribution >= 4 is 5.91 Å². The highest BCUT2D eigenvalue weighted by atomic mass is 16.8. The Hall–Kier alpha value is -2.25. The highest BCUT2D eigenvalue weighted by Gasteiger charge is 2.54. The molecule has 19 nitrogen and oxygen atoms in total. The van der Waals surface area contributed by atoms with Crippen LogP contribution in [0.1, 0.15) is 367 Å². The highest BCUT2D eigenvalue weighted by molar-refractivity contribution is 5.76. The van der Waals surface area contributed by atoms with Gasteiger partial charge in [-0.15, -0.1) is 0 Å². The highest BCUT2D eigenvalue weighted by Crippen LogP contribution is 2.34. The third kappa shape index (κ3) is 46.1. The summed E-state index contributed by atoms with van der Waals surface area (Å²) in [5, 5.41) is 121. The summed E-state index contributed by atoms with van der Waals surface area (Å²) >= 11 is 0. The number of aliphatic hydroxyl groups is 11. The van der Waals surface area contributed by atoms with Crippen molar-refractivity contribution in [2.75, 3.05) is 26.4 Å². The molecule has 0 aromatic heterocycles. The molecule has 3 fully saturated rings. The van der Waals surface area contributed by atoms with E-state index in [0.717, 1.165) is 70.6 Å². The molecule has 17 atom stereocenters. The zero-order chi connectivity index (χ0) is 76.7. The molecule has 19 heteroatoms. The van der Waals surface area contributed by atoms with E-state index in [4.69, 9.17) is 28.4 Å². The molecule has 17 unspecified atom stereocenters. The first-order valence-electron chi connectivity index (χ1n) is 43.9. The van der Waals surface area contributed by atoms with Crippen molar-refractivity contribution in [3.8, 4) is 0 Å². The van der Waals surface area contributed by atoms with Gasteiger partial charge in [0.2, 0.25) is 5.91 Å². The van der Waals surface area contributed by atoms with Crippen LogP contribution in [-0.4, -0.2) is 193 Å². The summed E-state index contributed by atoms with van der Waals surface area (Å²) in [4.78, 5) is 13.5. The van der Waals surface area contributed by atoms with Gasteiger partial charge in [0.1, 0.15) is 73.2 Å². The fourth-order valence-corrected chi connectivity index (χ4v) is 15.0. The smallest absolute Gasteiger partial charge is 0.220 e. The molecule has 3 heterocycles. The van der Waals surface area contributed by atoms with Gasteiger partial charge in [-0.1, -0.05) is 358 Å². The van der Waals surface area contributed by atoms with E-state index < -0.39 is 124 Å². The molecule has 622 valence electrons. The van der Waals surface area contributed by atoms with Crippen LogP contribution in [0.5, 0.6) is 0 Å². The Morgan fingerprint density at radius 2 is 0.651 bits per heavy atom. The van der Waals surface area contributed by atoms with E-state index in [0.29, 0.717) is 12.8 Å². The second-order valence-electron chi connectivity index (χ2n) is 31.3. The number of hydrogen-bond donors (Lipinski definition) is 12. The molecule has 3 aliphatic heterocycles. The summed E-state index contributed by atoms with van der Waals surface area (Å²) < 4.78 is 34.6. The van der Waals surface area contributed by atoms with Crippen LogP contribution in [0.15, 0.2) is 48.6 Å². The molecule has 3 aliphatic rings. The van der Waals surface area contributed by atoms with Crippen molar-refractivity contribution in [2.45, 2.75) is 471 Å². The number of unbranched alkanes of at least 4 members (excludes halogenated alkanes) is 47. The van der Waals surface area contributed by atoms with Gasteiger partial charge in [-0.3, -0.25) is 4.79 Å². The maximum absolute atomic E-state index is 13.5. The Morgan fingerprint density at radius 3 is 1.02 bits per heavy atom. The molecule has 3 rings (SSSR count). The van der Waals surface area contributed by atoms with Crippen LogP contribution in [0.2, 0.25) is 0 Å². The van der Waals surface area contributed by atoms with Crippen LogP contribution in [0.25, 0.3) is 0 Å². The predicted molar refractivity (Wildman–Crippen MR) is 425 cm³/mol. The topological polar surface area (TPSA) is 307 Å². The lowest BCUT2D eigenvalue weighted by Gasteiger charge is -2.48. The maximum atomic E-state index is 13.5. The molecule has 0 radical (unpaired) electrons. The van der Waals surface area contributed by atoms with Crippen molar-refractivity contribution in [3.63, 3.8) is 0 Å². The number of aliphatic hydroxyl groups excluding tert-OH is 11. The average Bonchev–Trinajstić information content (AvgIpc) is 0.779. The van der Waals surface area contributed by atoms with E-state index in [1.807, 2.05) is 0 Å². The Balaban J connectivity index is 1.32. The van der Waals surface area contributed by atoms with Crippen LogP contribution in [0.4, 0.5) is 0 Å². The van der Waals surface area contributed by atoms with Crippen molar-refractivity contribution < 1.29 is 89.4 Å². The fourth-order valence-electron chi connectivity index (χ4n) is 15.0.